The van der Waals surface area contributed by atoms with Crippen LogP contribution < -0.4 is 5.73 Å². The SMILES string of the molecule is CC(N)c1cccc2nc(C3CC3)c(Cl)n12. The fourth-order valence-electron chi connectivity index (χ4n) is 2.07. The summed E-state index contributed by atoms with van der Waals surface area (Å²) in [5.74, 6) is 0.563. The maximum absolute atomic E-state index is 6.39. The summed E-state index contributed by atoms with van der Waals surface area (Å²) in [6, 6.07) is 5.92. The van der Waals surface area contributed by atoms with Crippen LogP contribution in [0.15, 0.2) is 18.2 Å². The summed E-state index contributed by atoms with van der Waals surface area (Å²) in [5, 5.41) is 0.741. The van der Waals surface area contributed by atoms with E-state index in [2.05, 4.69) is 4.98 Å². The number of aromatic nitrogens is 2. The average molecular weight is 236 g/mol. The van der Waals surface area contributed by atoms with Crippen molar-refractivity contribution in [3.05, 3.63) is 34.7 Å². The van der Waals surface area contributed by atoms with Gasteiger partial charge in [-0.1, -0.05) is 17.7 Å². The standard InChI is InChI=1S/C12H14ClN3/c1-7(14)9-3-2-4-10-15-11(8-5-6-8)12(13)16(9)10/h2-4,7-8H,5-6,14H2,1H3. The van der Waals surface area contributed by atoms with Gasteiger partial charge in [-0.05, 0) is 31.9 Å². The molecule has 1 aliphatic rings. The minimum Gasteiger partial charge on any atom is -0.323 e. The van der Waals surface area contributed by atoms with Gasteiger partial charge in [0.25, 0.3) is 0 Å². The number of nitrogens with zero attached hydrogens (tertiary/aromatic N) is 2. The summed E-state index contributed by atoms with van der Waals surface area (Å²) < 4.78 is 1.97. The zero-order valence-electron chi connectivity index (χ0n) is 9.15. The number of nitrogens with two attached hydrogens (primary N) is 1. The highest BCUT2D eigenvalue weighted by atomic mass is 35.5. The second-order valence-electron chi connectivity index (χ2n) is 4.50. The minimum absolute atomic E-state index is 0.0394. The van der Waals surface area contributed by atoms with Crippen LogP contribution in [0, 0.1) is 0 Å². The van der Waals surface area contributed by atoms with Gasteiger partial charge in [-0.15, -0.1) is 0 Å². The summed E-state index contributed by atoms with van der Waals surface area (Å²) >= 11 is 6.39. The fourth-order valence-corrected chi connectivity index (χ4v) is 2.45. The van der Waals surface area contributed by atoms with Crippen molar-refractivity contribution in [3.8, 4) is 0 Å². The third-order valence-corrected chi connectivity index (χ3v) is 3.44. The number of rotatable bonds is 2. The topological polar surface area (TPSA) is 43.3 Å². The van der Waals surface area contributed by atoms with E-state index < -0.39 is 0 Å². The van der Waals surface area contributed by atoms with Crippen LogP contribution in [-0.2, 0) is 0 Å². The van der Waals surface area contributed by atoms with Gasteiger partial charge in [-0.25, -0.2) is 4.98 Å². The molecule has 0 amide bonds. The van der Waals surface area contributed by atoms with E-state index in [1.807, 2.05) is 29.5 Å². The van der Waals surface area contributed by atoms with Crippen LogP contribution in [0.2, 0.25) is 5.15 Å². The molecule has 1 fully saturated rings. The number of hydrogen-bond donors (Lipinski definition) is 1. The molecule has 1 aliphatic carbocycles. The van der Waals surface area contributed by atoms with Crippen molar-refractivity contribution in [2.24, 2.45) is 5.73 Å². The van der Waals surface area contributed by atoms with Gasteiger partial charge in [0.05, 0.1) is 5.69 Å². The van der Waals surface area contributed by atoms with Crippen LogP contribution in [0.3, 0.4) is 0 Å². The molecule has 0 aromatic carbocycles. The Labute approximate surface area is 99.2 Å². The van der Waals surface area contributed by atoms with E-state index in [0.717, 1.165) is 22.2 Å². The van der Waals surface area contributed by atoms with E-state index in [1.54, 1.807) is 0 Å². The number of imidazole rings is 1. The van der Waals surface area contributed by atoms with Crippen LogP contribution in [0.4, 0.5) is 0 Å². The van der Waals surface area contributed by atoms with E-state index in [4.69, 9.17) is 17.3 Å². The molecule has 0 radical (unpaired) electrons. The lowest BCUT2D eigenvalue weighted by atomic mass is 10.2. The van der Waals surface area contributed by atoms with Crippen LogP contribution in [0.25, 0.3) is 5.65 Å². The lowest BCUT2D eigenvalue weighted by Gasteiger charge is -2.09. The number of halogens is 1. The summed E-state index contributed by atoms with van der Waals surface area (Å²) in [6.45, 7) is 1.96. The average Bonchev–Trinajstić information content (AvgIpc) is 3.04. The van der Waals surface area contributed by atoms with Crippen molar-refractivity contribution in [1.29, 1.82) is 0 Å². The third-order valence-electron chi connectivity index (χ3n) is 3.07. The van der Waals surface area contributed by atoms with Gasteiger partial charge in [-0.3, -0.25) is 4.40 Å². The Balaban J connectivity index is 2.28. The van der Waals surface area contributed by atoms with Crippen molar-refractivity contribution in [1.82, 2.24) is 9.38 Å². The third kappa shape index (κ3) is 1.43. The largest absolute Gasteiger partial charge is 0.323 e. The first-order valence-corrected chi connectivity index (χ1v) is 5.98. The highest BCUT2D eigenvalue weighted by Crippen LogP contribution is 2.43. The lowest BCUT2D eigenvalue weighted by molar-refractivity contribution is 0.763. The maximum atomic E-state index is 6.39. The van der Waals surface area contributed by atoms with Crippen LogP contribution >= 0.6 is 11.6 Å². The molecule has 0 aliphatic heterocycles. The molecule has 1 unspecified atom stereocenters. The Kier molecular flexibility index (Phi) is 2.19. The van der Waals surface area contributed by atoms with Crippen molar-refractivity contribution in [2.75, 3.05) is 0 Å². The zero-order chi connectivity index (χ0) is 11.3. The van der Waals surface area contributed by atoms with Gasteiger partial charge < -0.3 is 5.73 Å². The Morgan fingerprint density at radius 1 is 1.50 bits per heavy atom. The van der Waals surface area contributed by atoms with E-state index in [1.165, 1.54) is 12.8 Å². The molecule has 0 bridgehead atoms. The van der Waals surface area contributed by atoms with Crippen LogP contribution in [-0.4, -0.2) is 9.38 Å². The van der Waals surface area contributed by atoms with Gasteiger partial charge in [0.2, 0.25) is 0 Å². The lowest BCUT2D eigenvalue weighted by Crippen LogP contribution is -2.10. The van der Waals surface area contributed by atoms with Crippen LogP contribution in [0.5, 0.6) is 0 Å². The molecule has 2 aromatic rings. The van der Waals surface area contributed by atoms with E-state index in [0.29, 0.717) is 5.92 Å². The number of hydrogen-bond acceptors (Lipinski definition) is 2. The molecule has 2 heterocycles. The molecule has 2 aromatic heterocycles. The van der Waals surface area contributed by atoms with Crippen molar-refractivity contribution >= 4 is 17.2 Å². The van der Waals surface area contributed by atoms with Gasteiger partial charge in [0, 0.05) is 17.7 Å². The molecule has 4 heteroatoms. The van der Waals surface area contributed by atoms with Crippen molar-refractivity contribution in [3.63, 3.8) is 0 Å². The second kappa shape index (κ2) is 3.47. The molecule has 1 saturated carbocycles. The molecular weight excluding hydrogens is 222 g/mol. The Hall–Kier alpha value is -1.06. The number of fused-ring (bicyclic) bond motifs is 1. The molecule has 3 rings (SSSR count). The molecule has 3 nitrogen and oxygen atoms in total. The quantitative estimate of drug-likeness (QED) is 0.870. The highest BCUT2D eigenvalue weighted by molar-refractivity contribution is 6.30. The predicted molar refractivity (Wildman–Crippen MR) is 64.8 cm³/mol. The Morgan fingerprint density at radius 2 is 2.25 bits per heavy atom. The summed E-state index contributed by atoms with van der Waals surface area (Å²) in [4.78, 5) is 4.59. The molecule has 84 valence electrons. The molecular formula is C12H14ClN3. The smallest absolute Gasteiger partial charge is 0.138 e. The van der Waals surface area contributed by atoms with E-state index in [9.17, 15) is 0 Å². The van der Waals surface area contributed by atoms with E-state index >= 15 is 0 Å². The maximum Gasteiger partial charge on any atom is 0.138 e. The first-order chi connectivity index (χ1) is 7.68. The van der Waals surface area contributed by atoms with Gasteiger partial charge in [0.15, 0.2) is 0 Å². The Bertz CT molecular complexity index is 540. The predicted octanol–water partition coefficient (Wildman–Crippen LogP) is 2.88. The molecule has 2 N–H and O–H groups in total. The first kappa shape index (κ1) is 10.1. The summed E-state index contributed by atoms with van der Waals surface area (Å²) in [7, 11) is 0. The zero-order valence-corrected chi connectivity index (χ0v) is 9.91. The molecule has 16 heavy (non-hydrogen) atoms. The van der Waals surface area contributed by atoms with Gasteiger partial charge in [0.1, 0.15) is 10.8 Å². The van der Waals surface area contributed by atoms with Crippen molar-refractivity contribution < 1.29 is 0 Å². The second-order valence-corrected chi connectivity index (χ2v) is 4.85. The Morgan fingerprint density at radius 3 is 2.88 bits per heavy atom. The molecule has 1 atom stereocenters. The fraction of sp³-hybridized carbons (Fsp3) is 0.417. The first-order valence-electron chi connectivity index (χ1n) is 5.61. The number of pyridine rings is 1. The van der Waals surface area contributed by atoms with E-state index in [-0.39, 0.29) is 6.04 Å². The molecule has 0 spiro atoms. The summed E-state index contributed by atoms with van der Waals surface area (Å²) in [5.41, 5.74) is 8.90. The van der Waals surface area contributed by atoms with Gasteiger partial charge >= 0.3 is 0 Å². The molecule has 0 saturated heterocycles. The monoisotopic (exact) mass is 235 g/mol. The summed E-state index contributed by atoms with van der Waals surface area (Å²) in [6.07, 6.45) is 2.41. The van der Waals surface area contributed by atoms with Crippen molar-refractivity contribution in [2.45, 2.75) is 31.7 Å². The van der Waals surface area contributed by atoms with Crippen LogP contribution in [0.1, 0.15) is 43.1 Å². The minimum atomic E-state index is -0.0394. The highest BCUT2D eigenvalue weighted by Gasteiger charge is 2.30. The normalized spacial score (nSPS) is 17.9. The van der Waals surface area contributed by atoms with Gasteiger partial charge in [-0.2, -0.15) is 0 Å².